The lowest BCUT2D eigenvalue weighted by Crippen LogP contribution is -2.31. The molecule has 0 spiro atoms. The largest absolute Gasteiger partial charge is 0.435 e. The summed E-state index contributed by atoms with van der Waals surface area (Å²) in [4.78, 5) is 17.0. The highest BCUT2D eigenvalue weighted by atomic mass is 19.3. The van der Waals surface area contributed by atoms with E-state index in [2.05, 4.69) is 15.0 Å². The Bertz CT molecular complexity index is 881. The van der Waals surface area contributed by atoms with E-state index in [0.29, 0.717) is 5.82 Å². The fraction of sp³-hybridized carbons (Fsp3) is 0.158. The van der Waals surface area contributed by atoms with Gasteiger partial charge in [0.1, 0.15) is 17.6 Å². The number of hydrogen-bond donors (Lipinski definition) is 1. The Kier molecular flexibility index (Phi) is 5.26. The molecule has 0 fully saturated rings. The number of aromatic nitrogens is 2. The van der Waals surface area contributed by atoms with Crippen LogP contribution in [0.4, 0.5) is 8.78 Å². The van der Waals surface area contributed by atoms with Crippen molar-refractivity contribution >= 4 is 5.91 Å². The minimum atomic E-state index is -2.95. The molecule has 3 rings (SSSR count). The molecule has 26 heavy (non-hydrogen) atoms. The van der Waals surface area contributed by atoms with Gasteiger partial charge in [0.15, 0.2) is 0 Å². The smallest absolute Gasteiger partial charge is 0.387 e. The maximum absolute atomic E-state index is 12.7. The monoisotopic (exact) mass is 357 g/mol. The van der Waals surface area contributed by atoms with Crippen LogP contribution in [0.1, 0.15) is 27.8 Å². The molecule has 0 saturated carbocycles. The summed E-state index contributed by atoms with van der Waals surface area (Å²) in [7, 11) is 1.83. The van der Waals surface area contributed by atoms with E-state index in [1.165, 1.54) is 24.3 Å². The summed E-state index contributed by atoms with van der Waals surface area (Å²) in [6, 6.07) is 14.6. The van der Waals surface area contributed by atoms with E-state index in [4.69, 9.17) is 0 Å². The van der Waals surface area contributed by atoms with Gasteiger partial charge in [0.05, 0.1) is 0 Å². The second kappa shape index (κ2) is 7.77. The number of carbonyl (C=O) groups excluding carboxylic acids is 1. The van der Waals surface area contributed by atoms with Crippen molar-refractivity contribution in [2.75, 3.05) is 0 Å². The highest BCUT2D eigenvalue weighted by molar-refractivity contribution is 5.95. The van der Waals surface area contributed by atoms with Gasteiger partial charge in [-0.1, -0.05) is 36.4 Å². The molecule has 1 unspecified atom stereocenters. The van der Waals surface area contributed by atoms with Gasteiger partial charge in [0.2, 0.25) is 0 Å². The van der Waals surface area contributed by atoms with Crippen molar-refractivity contribution in [3.05, 3.63) is 83.9 Å². The molecular weight excluding hydrogens is 340 g/mol. The van der Waals surface area contributed by atoms with Gasteiger partial charge in [-0.2, -0.15) is 8.78 Å². The predicted molar refractivity (Wildman–Crippen MR) is 92.0 cm³/mol. The number of nitrogens with one attached hydrogen (secondary N) is 1. The van der Waals surface area contributed by atoms with Crippen molar-refractivity contribution < 1.29 is 18.3 Å². The standard InChI is InChI=1S/C19H17F2N3O2/c1-24-11-10-22-17(24)16(13-6-3-2-4-7-13)23-18(25)14-8-5-9-15(12-14)26-19(20)21/h2-12,16,19H,1H3,(H,23,25). The Balaban J connectivity index is 1.88. The van der Waals surface area contributed by atoms with E-state index < -0.39 is 18.6 Å². The zero-order valence-corrected chi connectivity index (χ0v) is 14.0. The Morgan fingerprint density at radius 3 is 2.58 bits per heavy atom. The number of hydrogen-bond acceptors (Lipinski definition) is 3. The minimum Gasteiger partial charge on any atom is -0.435 e. The van der Waals surface area contributed by atoms with Crippen LogP contribution in [0.2, 0.25) is 0 Å². The molecule has 0 saturated heterocycles. The minimum absolute atomic E-state index is 0.0686. The highest BCUT2D eigenvalue weighted by Gasteiger charge is 2.21. The first kappa shape index (κ1) is 17.6. The molecule has 0 aliphatic rings. The Hall–Kier alpha value is -3.22. The molecule has 0 bridgehead atoms. The number of carbonyl (C=O) groups is 1. The molecule has 1 atom stereocenters. The Morgan fingerprint density at radius 2 is 1.92 bits per heavy atom. The van der Waals surface area contributed by atoms with Gasteiger partial charge in [-0.15, -0.1) is 0 Å². The first-order valence-corrected chi connectivity index (χ1v) is 7.92. The summed E-state index contributed by atoms with van der Waals surface area (Å²) in [5, 5.41) is 2.91. The number of rotatable bonds is 6. The molecule has 3 aromatic rings. The molecule has 0 radical (unpaired) electrons. The van der Waals surface area contributed by atoms with Crippen LogP contribution in [-0.4, -0.2) is 22.1 Å². The molecule has 1 N–H and O–H groups in total. The fourth-order valence-corrected chi connectivity index (χ4v) is 2.63. The lowest BCUT2D eigenvalue weighted by Gasteiger charge is -2.19. The Labute approximate surface area is 149 Å². The molecule has 2 aromatic carbocycles. The predicted octanol–water partition coefficient (Wildman–Crippen LogP) is 3.54. The van der Waals surface area contributed by atoms with Crippen molar-refractivity contribution in [1.82, 2.24) is 14.9 Å². The van der Waals surface area contributed by atoms with Gasteiger partial charge in [0.25, 0.3) is 5.91 Å². The molecular formula is C19H17F2N3O2. The van der Waals surface area contributed by atoms with Gasteiger partial charge in [-0.05, 0) is 23.8 Å². The molecule has 134 valence electrons. The quantitative estimate of drug-likeness (QED) is 0.734. The summed E-state index contributed by atoms with van der Waals surface area (Å²) in [6.45, 7) is -2.95. The van der Waals surface area contributed by atoms with Crippen LogP contribution in [0.25, 0.3) is 0 Å². The average molecular weight is 357 g/mol. The molecule has 1 aromatic heterocycles. The SMILES string of the molecule is Cn1ccnc1C(NC(=O)c1cccc(OC(F)F)c1)c1ccccc1. The van der Waals surface area contributed by atoms with Crippen molar-refractivity contribution in [3.63, 3.8) is 0 Å². The van der Waals surface area contributed by atoms with Gasteiger partial charge >= 0.3 is 6.61 Å². The number of halogens is 2. The van der Waals surface area contributed by atoms with Gasteiger partial charge < -0.3 is 14.6 Å². The Morgan fingerprint density at radius 1 is 1.15 bits per heavy atom. The van der Waals surface area contributed by atoms with E-state index in [9.17, 15) is 13.6 Å². The second-order valence-corrected chi connectivity index (χ2v) is 5.62. The zero-order valence-electron chi connectivity index (χ0n) is 14.0. The third-order valence-corrected chi connectivity index (χ3v) is 3.85. The van der Waals surface area contributed by atoms with E-state index in [-0.39, 0.29) is 11.3 Å². The van der Waals surface area contributed by atoms with E-state index in [0.717, 1.165) is 5.56 Å². The van der Waals surface area contributed by atoms with Gasteiger partial charge in [0, 0.05) is 25.0 Å². The number of amides is 1. The first-order chi connectivity index (χ1) is 12.5. The van der Waals surface area contributed by atoms with Crippen LogP contribution in [0.15, 0.2) is 67.0 Å². The molecule has 1 amide bonds. The number of aryl methyl sites for hydroxylation is 1. The summed E-state index contributed by atoms with van der Waals surface area (Å²) in [5.41, 5.74) is 1.08. The number of alkyl halides is 2. The normalized spacial score (nSPS) is 12.0. The van der Waals surface area contributed by atoms with Crippen molar-refractivity contribution in [1.29, 1.82) is 0 Å². The number of nitrogens with zero attached hydrogens (tertiary/aromatic N) is 2. The zero-order chi connectivity index (χ0) is 18.5. The second-order valence-electron chi connectivity index (χ2n) is 5.62. The average Bonchev–Trinajstić information content (AvgIpc) is 3.05. The third-order valence-electron chi connectivity index (χ3n) is 3.85. The van der Waals surface area contributed by atoms with E-state index >= 15 is 0 Å². The fourth-order valence-electron chi connectivity index (χ4n) is 2.63. The summed E-state index contributed by atoms with van der Waals surface area (Å²) >= 11 is 0. The van der Waals surface area contributed by atoms with Crippen molar-refractivity contribution in [2.45, 2.75) is 12.7 Å². The van der Waals surface area contributed by atoms with Crippen LogP contribution >= 0.6 is 0 Å². The summed E-state index contributed by atoms with van der Waals surface area (Å²) < 4.78 is 30.9. The topological polar surface area (TPSA) is 56.2 Å². The van der Waals surface area contributed by atoms with Crippen LogP contribution in [-0.2, 0) is 7.05 Å². The van der Waals surface area contributed by atoms with Crippen LogP contribution in [0.3, 0.4) is 0 Å². The van der Waals surface area contributed by atoms with Gasteiger partial charge in [-0.25, -0.2) is 4.98 Å². The van der Waals surface area contributed by atoms with Crippen molar-refractivity contribution in [3.8, 4) is 5.75 Å². The van der Waals surface area contributed by atoms with Gasteiger partial charge in [-0.3, -0.25) is 4.79 Å². The maximum atomic E-state index is 12.7. The maximum Gasteiger partial charge on any atom is 0.387 e. The first-order valence-electron chi connectivity index (χ1n) is 7.92. The van der Waals surface area contributed by atoms with Crippen molar-refractivity contribution in [2.24, 2.45) is 7.05 Å². The summed E-state index contributed by atoms with van der Waals surface area (Å²) in [5.74, 6) is 0.173. The molecule has 1 heterocycles. The number of benzene rings is 2. The number of imidazole rings is 1. The van der Waals surface area contributed by atoms with Crippen LogP contribution in [0.5, 0.6) is 5.75 Å². The third kappa shape index (κ3) is 4.05. The molecule has 0 aliphatic heterocycles. The number of ether oxygens (including phenoxy) is 1. The molecule has 5 nitrogen and oxygen atoms in total. The molecule has 7 heteroatoms. The summed E-state index contributed by atoms with van der Waals surface area (Å²) in [6.07, 6.45) is 3.43. The lowest BCUT2D eigenvalue weighted by molar-refractivity contribution is -0.0498. The highest BCUT2D eigenvalue weighted by Crippen LogP contribution is 2.22. The van der Waals surface area contributed by atoms with Crippen LogP contribution < -0.4 is 10.1 Å². The lowest BCUT2D eigenvalue weighted by atomic mass is 10.1. The van der Waals surface area contributed by atoms with Crippen LogP contribution in [0, 0.1) is 0 Å². The van der Waals surface area contributed by atoms with E-state index in [1.807, 2.05) is 41.9 Å². The molecule has 0 aliphatic carbocycles. The van der Waals surface area contributed by atoms with E-state index in [1.54, 1.807) is 12.4 Å².